The molecule has 3 heteroatoms. The molecule has 0 bridgehead atoms. The third-order valence-electron chi connectivity index (χ3n) is 4.41. The number of hydrogen-bond donors (Lipinski definition) is 0. The van der Waals surface area contributed by atoms with Gasteiger partial charge in [0, 0.05) is 0 Å². The molecule has 0 heterocycles. The van der Waals surface area contributed by atoms with Gasteiger partial charge in [0.25, 0.3) is 0 Å². The first-order valence-electron chi connectivity index (χ1n) is 7.05. The molecule has 0 aromatic heterocycles. The largest absolute Gasteiger partial charge is 0.458 e. The minimum atomic E-state index is -0.528. The molecule has 0 spiro atoms. The lowest BCUT2D eigenvalue weighted by molar-refractivity contribution is -0.176. The van der Waals surface area contributed by atoms with Crippen LogP contribution in [0.1, 0.15) is 60.8 Å². The maximum atomic E-state index is 12.5. The van der Waals surface area contributed by atoms with Gasteiger partial charge in [-0.25, -0.2) is 0 Å². The Morgan fingerprint density at radius 3 is 2.00 bits per heavy atom. The van der Waals surface area contributed by atoms with Crippen molar-refractivity contribution >= 4 is 5.97 Å². The zero-order valence-corrected chi connectivity index (χ0v) is 13.5. The van der Waals surface area contributed by atoms with E-state index in [0.717, 1.165) is 19.3 Å². The van der Waals surface area contributed by atoms with Gasteiger partial charge >= 0.3 is 5.97 Å². The van der Waals surface area contributed by atoms with Crippen LogP contribution >= 0.6 is 0 Å². The first-order chi connectivity index (χ1) is 8.14. The highest BCUT2D eigenvalue weighted by Crippen LogP contribution is 2.29. The molecule has 0 aliphatic carbocycles. The lowest BCUT2D eigenvalue weighted by Gasteiger charge is -2.40. The van der Waals surface area contributed by atoms with Crippen LogP contribution in [0, 0.1) is 5.92 Å². The summed E-state index contributed by atoms with van der Waals surface area (Å²) in [6, 6.07) is 0. The summed E-state index contributed by atoms with van der Waals surface area (Å²) in [5.74, 6) is 0.215. The fraction of sp³-hybridized carbons (Fsp3) is 0.933. The summed E-state index contributed by atoms with van der Waals surface area (Å²) < 4.78 is 5.85. The van der Waals surface area contributed by atoms with Gasteiger partial charge in [0.2, 0.25) is 0 Å². The van der Waals surface area contributed by atoms with Crippen LogP contribution in [0.4, 0.5) is 0 Å². The summed E-state index contributed by atoms with van der Waals surface area (Å²) in [6.07, 6.45) is 2.62. The van der Waals surface area contributed by atoms with Gasteiger partial charge in [0.05, 0.1) is 0 Å². The molecule has 108 valence electrons. The SMILES string of the molecule is CCCC(C)(C(=O)OC(C)(CC)C(C)C)N(C)C. The van der Waals surface area contributed by atoms with Crippen LogP contribution in [0.5, 0.6) is 0 Å². The van der Waals surface area contributed by atoms with E-state index in [0.29, 0.717) is 5.92 Å². The molecule has 0 saturated carbocycles. The Bertz CT molecular complexity index is 276. The van der Waals surface area contributed by atoms with Crippen LogP contribution in [-0.2, 0) is 9.53 Å². The second kappa shape index (κ2) is 6.55. The zero-order valence-electron chi connectivity index (χ0n) is 13.5. The van der Waals surface area contributed by atoms with Crippen molar-refractivity contribution in [2.45, 2.75) is 71.9 Å². The zero-order chi connectivity index (χ0) is 14.6. The molecular weight excluding hydrogens is 226 g/mol. The molecule has 2 unspecified atom stereocenters. The standard InChI is InChI=1S/C15H31NO2/c1-9-11-14(5,16(7)8)13(17)18-15(6,10-2)12(3)4/h12H,9-11H2,1-8H3. The quantitative estimate of drug-likeness (QED) is 0.654. The summed E-state index contributed by atoms with van der Waals surface area (Å²) in [5.41, 5.74) is -0.901. The highest BCUT2D eigenvalue weighted by Gasteiger charge is 2.41. The Labute approximate surface area is 113 Å². The molecule has 0 rings (SSSR count). The average molecular weight is 257 g/mol. The van der Waals surface area contributed by atoms with Crippen LogP contribution in [0.2, 0.25) is 0 Å². The highest BCUT2D eigenvalue weighted by molar-refractivity contribution is 5.80. The van der Waals surface area contributed by atoms with Crippen molar-refractivity contribution in [3.8, 4) is 0 Å². The van der Waals surface area contributed by atoms with E-state index in [1.54, 1.807) is 0 Å². The molecule has 0 radical (unpaired) electrons. The fourth-order valence-electron chi connectivity index (χ4n) is 1.92. The van der Waals surface area contributed by atoms with Crippen molar-refractivity contribution in [3.63, 3.8) is 0 Å². The molecule has 0 saturated heterocycles. The Morgan fingerprint density at radius 1 is 1.22 bits per heavy atom. The normalized spacial score (nSPS) is 18.6. The molecule has 0 aliphatic heterocycles. The Morgan fingerprint density at radius 2 is 1.72 bits per heavy atom. The van der Waals surface area contributed by atoms with Crippen molar-refractivity contribution < 1.29 is 9.53 Å². The van der Waals surface area contributed by atoms with Crippen LogP contribution in [-0.4, -0.2) is 36.1 Å². The van der Waals surface area contributed by atoms with Crippen molar-refractivity contribution in [1.29, 1.82) is 0 Å². The van der Waals surface area contributed by atoms with Gasteiger partial charge in [0.15, 0.2) is 0 Å². The fourth-order valence-corrected chi connectivity index (χ4v) is 1.92. The number of carbonyl (C=O) groups excluding carboxylic acids is 1. The second-order valence-corrected chi connectivity index (χ2v) is 6.13. The molecule has 0 N–H and O–H groups in total. The van der Waals surface area contributed by atoms with Crippen molar-refractivity contribution in [2.24, 2.45) is 5.92 Å². The van der Waals surface area contributed by atoms with Crippen LogP contribution in [0.25, 0.3) is 0 Å². The Hall–Kier alpha value is -0.570. The van der Waals surface area contributed by atoms with E-state index in [1.165, 1.54) is 0 Å². The van der Waals surface area contributed by atoms with Gasteiger partial charge < -0.3 is 4.74 Å². The number of hydrogen-bond acceptors (Lipinski definition) is 3. The summed E-state index contributed by atoms with van der Waals surface area (Å²) in [7, 11) is 3.88. The monoisotopic (exact) mass is 257 g/mol. The van der Waals surface area contributed by atoms with Crippen molar-refractivity contribution in [3.05, 3.63) is 0 Å². The van der Waals surface area contributed by atoms with Crippen molar-refractivity contribution in [1.82, 2.24) is 4.90 Å². The molecule has 0 aliphatic rings. The maximum absolute atomic E-state index is 12.5. The number of carbonyl (C=O) groups is 1. The number of nitrogens with zero attached hydrogens (tertiary/aromatic N) is 1. The van der Waals surface area contributed by atoms with Gasteiger partial charge in [-0.2, -0.15) is 0 Å². The Kier molecular flexibility index (Phi) is 6.35. The first kappa shape index (κ1) is 17.4. The predicted octanol–water partition coefficient (Wildman–Crippen LogP) is 3.47. The van der Waals surface area contributed by atoms with Gasteiger partial charge in [-0.05, 0) is 46.7 Å². The summed E-state index contributed by atoms with van der Waals surface area (Å²) in [6.45, 7) is 12.4. The number of ether oxygens (including phenoxy) is 1. The lowest BCUT2D eigenvalue weighted by atomic mass is 9.88. The third kappa shape index (κ3) is 3.71. The van der Waals surface area contributed by atoms with E-state index in [9.17, 15) is 4.79 Å². The van der Waals surface area contributed by atoms with E-state index >= 15 is 0 Å². The number of esters is 1. The molecule has 18 heavy (non-hydrogen) atoms. The van der Waals surface area contributed by atoms with Crippen LogP contribution in [0.15, 0.2) is 0 Å². The smallest absolute Gasteiger partial charge is 0.326 e. The average Bonchev–Trinajstić information content (AvgIpc) is 2.28. The van der Waals surface area contributed by atoms with E-state index in [-0.39, 0.29) is 11.6 Å². The summed E-state index contributed by atoms with van der Waals surface area (Å²) in [4.78, 5) is 14.5. The Balaban J connectivity index is 5.02. The topological polar surface area (TPSA) is 29.5 Å². The van der Waals surface area contributed by atoms with Gasteiger partial charge in [0.1, 0.15) is 11.1 Å². The molecule has 0 aromatic rings. The van der Waals surface area contributed by atoms with Gasteiger partial charge in [-0.3, -0.25) is 9.69 Å². The predicted molar refractivity (Wildman–Crippen MR) is 76.6 cm³/mol. The number of likely N-dealkylation sites (N-methyl/N-ethyl adjacent to an activating group) is 1. The van der Waals surface area contributed by atoms with E-state index < -0.39 is 5.54 Å². The summed E-state index contributed by atoms with van der Waals surface area (Å²) in [5, 5.41) is 0. The molecule has 0 amide bonds. The van der Waals surface area contributed by atoms with Gasteiger partial charge in [-0.15, -0.1) is 0 Å². The van der Waals surface area contributed by atoms with E-state index in [2.05, 4.69) is 27.7 Å². The van der Waals surface area contributed by atoms with E-state index in [1.807, 2.05) is 32.8 Å². The summed E-state index contributed by atoms with van der Waals surface area (Å²) >= 11 is 0. The minimum absolute atomic E-state index is 0.104. The van der Waals surface area contributed by atoms with Crippen LogP contribution in [0.3, 0.4) is 0 Å². The minimum Gasteiger partial charge on any atom is -0.458 e. The molecule has 0 fully saturated rings. The molecule has 3 nitrogen and oxygen atoms in total. The molecule has 2 atom stereocenters. The first-order valence-corrected chi connectivity index (χ1v) is 7.05. The second-order valence-electron chi connectivity index (χ2n) is 6.13. The third-order valence-corrected chi connectivity index (χ3v) is 4.41. The molecular formula is C15H31NO2. The van der Waals surface area contributed by atoms with Crippen molar-refractivity contribution in [2.75, 3.05) is 14.1 Å². The molecule has 0 aromatic carbocycles. The number of rotatable bonds is 7. The van der Waals surface area contributed by atoms with Gasteiger partial charge in [-0.1, -0.05) is 34.1 Å². The van der Waals surface area contributed by atoms with E-state index in [4.69, 9.17) is 4.74 Å². The lowest BCUT2D eigenvalue weighted by Crippen LogP contribution is -2.52. The van der Waals surface area contributed by atoms with Crippen LogP contribution < -0.4 is 0 Å². The maximum Gasteiger partial charge on any atom is 0.326 e. The highest BCUT2D eigenvalue weighted by atomic mass is 16.6.